The Morgan fingerprint density at radius 3 is 2.75 bits per heavy atom. The smallest absolute Gasteiger partial charge is 0.350 e. The number of rotatable bonds is 8. The van der Waals surface area contributed by atoms with E-state index in [0.29, 0.717) is 23.7 Å². The number of hydrogen-bond acceptors (Lipinski definition) is 5. The van der Waals surface area contributed by atoms with Gasteiger partial charge in [-0.25, -0.2) is 9.78 Å². The maximum atomic E-state index is 12.1. The number of ether oxygens (including phenoxy) is 1. The van der Waals surface area contributed by atoms with Gasteiger partial charge in [0, 0.05) is 29.7 Å². The van der Waals surface area contributed by atoms with E-state index in [1.807, 2.05) is 26.8 Å². The first-order chi connectivity index (χ1) is 14.9. The Kier molecular flexibility index (Phi) is 9.95. The van der Waals surface area contributed by atoms with Crippen molar-refractivity contribution in [3.8, 4) is 0 Å². The van der Waals surface area contributed by atoms with Crippen LogP contribution in [0.1, 0.15) is 58.4 Å². The number of H-pyrrole nitrogens is 1. The molecular weight excluding hydrogens is 537 g/mol. The first-order valence-corrected chi connectivity index (χ1v) is 11.5. The van der Waals surface area contributed by atoms with Gasteiger partial charge in [-0.2, -0.15) is 0 Å². The number of halogens is 1. The standard InChI is InChI=1S/C23H31N5O2S.HI/c1-6-24-23(25-13-12-17-14(3)26-19-11-9-8-10-18(17)19)28-16(5)21-27-15(4)20(31-21)22(29)30-7-2;/h8-11,16,26H,6-7,12-13H2,1-5H3,(H2,24,25,28);1H. The summed E-state index contributed by atoms with van der Waals surface area (Å²) >= 11 is 1.37. The number of carbonyl (C=O) groups excluding carboxylic acids is 1. The summed E-state index contributed by atoms with van der Waals surface area (Å²) in [4.78, 5) is 25.4. The molecule has 2 heterocycles. The van der Waals surface area contributed by atoms with Crippen LogP contribution >= 0.6 is 35.3 Å². The van der Waals surface area contributed by atoms with Crippen molar-refractivity contribution in [3.63, 3.8) is 0 Å². The molecular formula is C23H32IN5O2S. The van der Waals surface area contributed by atoms with Crippen LogP contribution in [0.3, 0.4) is 0 Å². The number of nitrogens with one attached hydrogen (secondary N) is 3. The number of hydrogen-bond donors (Lipinski definition) is 3. The minimum Gasteiger partial charge on any atom is -0.462 e. The number of esters is 1. The van der Waals surface area contributed by atoms with Gasteiger partial charge in [0.05, 0.1) is 18.3 Å². The molecule has 0 aliphatic heterocycles. The Bertz CT molecular complexity index is 1080. The van der Waals surface area contributed by atoms with E-state index in [1.54, 1.807) is 6.92 Å². The van der Waals surface area contributed by atoms with Crippen LogP contribution in [0, 0.1) is 13.8 Å². The zero-order valence-electron chi connectivity index (χ0n) is 19.2. The predicted molar refractivity (Wildman–Crippen MR) is 142 cm³/mol. The monoisotopic (exact) mass is 569 g/mol. The fourth-order valence-electron chi connectivity index (χ4n) is 3.51. The normalized spacial score (nSPS) is 12.3. The number of carbonyl (C=O) groups is 1. The third kappa shape index (κ3) is 6.22. The Hall–Kier alpha value is -2.14. The highest BCUT2D eigenvalue weighted by atomic mass is 127. The van der Waals surface area contributed by atoms with Gasteiger partial charge in [-0.1, -0.05) is 18.2 Å². The van der Waals surface area contributed by atoms with E-state index in [9.17, 15) is 4.79 Å². The summed E-state index contributed by atoms with van der Waals surface area (Å²) < 4.78 is 5.12. The lowest BCUT2D eigenvalue weighted by Gasteiger charge is -2.16. The molecule has 3 aromatic rings. The van der Waals surface area contributed by atoms with Crippen LogP contribution in [0.4, 0.5) is 0 Å². The van der Waals surface area contributed by atoms with Crippen LogP contribution in [-0.2, 0) is 11.2 Å². The van der Waals surface area contributed by atoms with Crippen molar-refractivity contribution in [2.24, 2.45) is 4.99 Å². The second-order valence-electron chi connectivity index (χ2n) is 7.34. The lowest BCUT2D eigenvalue weighted by Crippen LogP contribution is -2.38. The zero-order chi connectivity index (χ0) is 22.4. The number of fused-ring (bicyclic) bond motifs is 1. The number of aromatic amines is 1. The lowest BCUT2D eigenvalue weighted by atomic mass is 10.1. The molecule has 0 aliphatic rings. The summed E-state index contributed by atoms with van der Waals surface area (Å²) in [5.74, 6) is 0.420. The van der Waals surface area contributed by atoms with E-state index in [-0.39, 0.29) is 36.0 Å². The molecule has 7 nitrogen and oxygen atoms in total. The van der Waals surface area contributed by atoms with E-state index >= 15 is 0 Å². The van der Waals surface area contributed by atoms with E-state index in [4.69, 9.17) is 9.73 Å². The number of guanidine groups is 1. The molecule has 0 bridgehead atoms. The fraction of sp³-hybridized carbons (Fsp3) is 0.435. The van der Waals surface area contributed by atoms with Crippen molar-refractivity contribution in [3.05, 3.63) is 51.1 Å². The molecule has 0 saturated heterocycles. The quantitative estimate of drug-likeness (QED) is 0.156. The van der Waals surface area contributed by atoms with Gasteiger partial charge in [-0.05, 0) is 52.7 Å². The fourth-order valence-corrected chi connectivity index (χ4v) is 4.47. The van der Waals surface area contributed by atoms with E-state index in [1.165, 1.54) is 28.0 Å². The average molecular weight is 570 g/mol. The highest BCUT2D eigenvalue weighted by Crippen LogP contribution is 2.25. The van der Waals surface area contributed by atoms with Gasteiger partial charge in [-0.3, -0.25) is 4.99 Å². The van der Waals surface area contributed by atoms with Crippen molar-refractivity contribution < 1.29 is 9.53 Å². The molecule has 1 atom stereocenters. The highest BCUT2D eigenvalue weighted by molar-refractivity contribution is 14.0. The molecule has 0 radical (unpaired) electrons. The van der Waals surface area contributed by atoms with Gasteiger partial charge in [0.1, 0.15) is 9.88 Å². The number of para-hydroxylation sites is 1. The Morgan fingerprint density at radius 2 is 2.03 bits per heavy atom. The summed E-state index contributed by atoms with van der Waals surface area (Å²) in [5, 5.41) is 8.79. The molecule has 2 aromatic heterocycles. The first-order valence-electron chi connectivity index (χ1n) is 10.7. The van der Waals surface area contributed by atoms with E-state index in [0.717, 1.165) is 29.4 Å². The second kappa shape index (κ2) is 12.2. The molecule has 0 aliphatic carbocycles. The third-order valence-corrected chi connectivity index (χ3v) is 6.32. The number of nitrogens with zero attached hydrogens (tertiary/aromatic N) is 2. The number of benzene rings is 1. The molecule has 9 heteroatoms. The summed E-state index contributed by atoms with van der Waals surface area (Å²) in [6.45, 7) is 11.6. The van der Waals surface area contributed by atoms with Crippen molar-refractivity contribution in [2.45, 2.75) is 47.1 Å². The number of thiazole rings is 1. The largest absolute Gasteiger partial charge is 0.462 e. The van der Waals surface area contributed by atoms with Crippen LogP contribution in [0.15, 0.2) is 29.3 Å². The molecule has 0 spiro atoms. The van der Waals surface area contributed by atoms with Crippen LogP contribution in [0.25, 0.3) is 10.9 Å². The number of aryl methyl sites for hydroxylation is 2. The molecule has 174 valence electrons. The first kappa shape index (κ1) is 26.1. The molecule has 1 aromatic carbocycles. The molecule has 0 saturated carbocycles. The van der Waals surface area contributed by atoms with Crippen LogP contribution < -0.4 is 10.6 Å². The average Bonchev–Trinajstić information content (AvgIpc) is 3.28. The van der Waals surface area contributed by atoms with Crippen LogP contribution in [0.5, 0.6) is 0 Å². The van der Waals surface area contributed by atoms with Gasteiger partial charge in [0.25, 0.3) is 0 Å². The topological polar surface area (TPSA) is 91.4 Å². The maximum absolute atomic E-state index is 12.1. The Morgan fingerprint density at radius 1 is 1.28 bits per heavy atom. The number of aliphatic imine (C=N–C) groups is 1. The highest BCUT2D eigenvalue weighted by Gasteiger charge is 2.20. The van der Waals surface area contributed by atoms with Crippen LogP contribution in [-0.4, -0.2) is 41.6 Å². The molecule has 0 amide bonds. The Balaban J connectivity index is 0.00000363. The van der Waals surface area contributed by atoms with Crippen molar-refractivity contribution in [1.29, 1.82) is 0 Å². The van der Waals surface area contributed by atoms with E-state index < -0.39 is 0 Å². The molecule has 0 fully saturated rings. The van der Waals surface area contributed by atoms with Crippen molar-refractivity contribution in [2.75, 3.05) is 19.7 Å². The zero-order valence-corrected chi connectivity index (χ0v) is 22.4. The SMILES string of the molecule is CCNC(=NCCc1c(C)[nH]c2ccccc12)NC(C)c1nc(C)c(C(=O)OCC)s1.I. The van der Waals surface area contributed by atoms with Crippen molar-refractivity contribution in [1.82, 2.24) is 20.6 Å². The lowest BCUT2D eigenvalue weighted by molar-refractivity contribution is 0.0531. The second-order valence-corrected chi connectivity index (χ2v) is 8.37. The molecule has 3 rings (SSSR count). The maximum Gasteiger partial charge on any atom is 0.350 e. The van der Waals surface area contributed by atoms with Gasteiger partial charge < -0.3 is 20.4 Å². The predicted octanol–water partition coefficient (Wildman–Crippen LogP) is 4.89. The summed E-state index contributed by atoms with van der Waals surface area (Å²) in [7, 11) is 0. The minimum absolute atomic E-state index is 0. The molecule has 32 heavy (non-hydrogen) atoms. The minimum atomic E-state index is -0.314. The summed E-state index contributed by atoms with van der Waals surface area (Å²) in [5.41, 5.74) is 4.35. The van der Waals surface area contributed by atoms with E-state index in [2.05, 4.69) is 45.7 Å². The van der Waals surface area contributed by atoms with Crippen LogP contribution in [0.2, 0.25) is 0 Å². The van der Waals surface area contributed by atoms with Gasteiger partial charge in [0.2, 0.25) is 0 Å². The van der Waals surface area contributed by atoms with Gasteiger partial charge in [-0.15, -0.1) is 35.3 Å². The Labute approximate surface area is 210 Å². The molecule has 1 unspecified atom stereocenters. The van der Waals surface area contributed by atoms with Gasteiger partial charge in [0.15, 0.2) is 5.96 Å². The third-order valence-electron chi connectivity index (χ3n) is 5.00. The molecule has 3 N–H and O–H groups in total. The van der Waals surface area contributed by atoms with Gasteiger partial charge >= 0.3 is 5.97 Å². The summed E-state index contributed by atoms with van der Waals surface area (Å²) in [6, 6.07) is 8.27. The number of aromatic nitrogens is 2. The van der Waals surface area contributed by atoms with Crippen molar-refractivity contribution >= 4 is 58.1 Å². The summed E-state index contributed by atoms with van der Waals surface area (Å²) in [6.07, 6.45) is 0.851.